The van der Waals surface area contributed by atoms with E-state index in [1.807, 2.05) is 0 Å². The molecule has 11 heteroatoms. The van der Waals surface area contributed by atoms with Crippen LogP contribution < -0.4 is 10.2 Å². The van der Waals surface area contributed by atoms with E-state index >= 15 is 4.39 Å². The molecule has 0 amide bonds. The van der Waals surface area contributed by atoms with Gasteiger partial charge in [0.25, 0.3) is 0 Å². The number of fused-ring (bicyclic) bond motifs is 1. The van der Waals surface area contributed by atoms with Gasteiger partial charge in [-0.15, -0.1) is 0 Å². The van der Waals surface area contributed by atoms with Gasteiger partial charge in [-0.25, -0.2) is 18.6 Å². The van der Waals surface area contributed by atoms with Gasteiger partial charge in [-0.2, -0.15) is 9.89 Å². The van der Waals surface area contributed by atoms with Crippen LogP contribution in [0.25, 0.3) is 22.2 Å². The van der Waals surface area contributed by atoms with Gasteiger partial charge in [0, 0.05) is 40.6 Å². The molecule has 0 bridgehead atoms. The molecule has 0 spiro atoms. The van der Waals surface area contributed by atoms with E-state index in [1.54, 1.807) is 54.6 Å². The molecule has 1 aliphatic rings. The maximum absolute atomic E-state index is 15.3. The molecule has 5 aromatic rings. The number of anilines is 1. The lowest BCUT2D eigenvalue weighted by Gasteiger charge is -2.26. The summed E-state index contributed by atoms with van der Waals surface area (Å²) in [5, 5.41) is 14.9. The Morgan fingerprint density at radius 3 is 2.68 bits per heavy atom. The molecule has 1 fully saturated rings. The molecule has 0 aliphatic carbocycles. The van der Waals surface area contributed by atoms with Crippen LogP contribution in [0.15, 0.2) is 72.8 Å². The monoisotopic (exact) mass is 576 g/mol. The first-order valence-electron chi connectivity index (χ1n) is 12.8. The zero-order chi connectivity index (χ0) is 28.5. The number of carboxylic acid groups (broad SMARTS) is 1. The Kier molecular flexibility index (Phi) is 7.25. The number of nitrogens with zero attached hydrogens (tertiary/aromatic N) is 3. The number of rotatable bonds is 9. The van der Waals surface area contributed by atoms with Crippen molar-refractivity contribution in [2.24, 2.45) is 0 Å². The van der Waals surface area contributed by atoms with Gasteiger partial charge >= 0.3 is 5.97 Å². The van der Waals surface area contributed by atoms with E-state index in [4.69, 9.17) is 21.1 Å². The van der Waals surface area contributed by atoms with Gasteiger partial charge < -0.3 is 14.6 Å². The van der Waals surface area contributed by atoms with Gasteiger partial charge in [-0.05, 0) is 55.0 Å². The van der Waals surface area contributed by atoms with Crippen molar-refractivity contribution in [3.8, 4) is 17.1 Å². The van der Waals surface area contributed by atoms with Gasteiger partial charge in [0.05, 0.1) is 34.3 Å². The second kappa shape index (κ2) is 11.1. The zero-order valence-corrected chi connectivity index (χ0v) is 22.2. The van der Waals surface area contributed by atoms with Crippen LogP contribution in [0.5, 0.6) is 5.88 Å². The number of ether oxygens (including phenoxy) is 2. The smallest absolute Gasteiger partial charge is 0.335 e. The van der Waals surface area contributed by atoms with E-state index < -0.39 is 17.6 Å². The lowest BCUT2D eigenvalue weighted by molar-refractivity contribution is -0.0498. The van der Waals surface area contributed by atoms with Crippen molar-refractivity contribution in [1.82, 2.24) is 14.9 Å². The number of aromatic carboxylic acids is 1. The average Bonchev–Trinajstić information content (AvgIpc) is 3.27. The number of pyridine rings is 1. The molecular weight excluding hydrogens is 554 g/mol. The maximum atomic E-state index is 15.3. The van der Waals surface area contributed by atoms with E-state index in [-0.39, 0.29) is 29.8 Å². The minimum atomic E-state index is -1.04. The predicted molar refractivity (Wildman–Crippen MR) is 149 cm³/mol. The average molecular weight is 577 g/mol. The molecule has 0 radical (unpaired) electrons. The van der Waals surface area contributed by atoms with Crippen molar-refractivity contribution in [2.75, 3.05) is 12.0 Å². The summed E-state index contributed by atoms with van der Waals surface area (Å²) in [6, 6.07) is 18.7. The van der Waals surface area contributed by atoms with Crippen molar-refractivity contribution in [3.63, 3.8) is 0 Å². The van der Waals surface area contributed by atoms with E-state index in [2.05, 4.69) is 15.5 Å². The molecule has 3 heterocycles. The fourth-order valence-electron chi connectivity index (χ4n) is 4.55. The molecule has 3 aromatic carbocycles. The maximum Gasteiger partial charge on any atom is 0.335 e. The van der Waals surface area contributed by atoms with Gasteiger partial charge in [-0.3, -0.25) is 5.43 Å². The van der Waals surface area contributed by atoms with Crippen LogP contribution in [0.3, 0.4) is 0 Å². The number of benzene rings is 3. The van der Waals surface area contributed by atoms with Crippen molar-refractivity contribution >= 4 is 34.2 Å². The standard InChI is InChI=1S/C30H23ClF2N4O4/c31-20-7-4-19(23(32)14-20)16-41-29-3-1-2-25(34-29)17-5-9-27(24(33)13-17)36-37-28(15-21-10-11-40-21)22-12-18(30(38)39)6-8-26(22)35-37/h1-9,12-14,21,36H,10-11,15-16H2,(H,38,39). The highest BCUT2D eigenvalue weighted by Crippen LogP contribution is 2.28. The van der Waals surface area contributed by atoms with E-state index in [9.17, 15) is 14.3 Å². The Labute approximate surface area is 238 Å². The first kappa shape index (κ1) is 26.7. The number of carbonyl (C=O) groups is 1. The third-order valence-electron chi connectivity index (χ3n) is 6.84. The largest absolute Gasteiger partial charge is 0.478 e. The fourth-order valence-corrected chi connectivity index (χ4v) is 4.70. The first-order chi connectivity index (χ1) is 19.8. The molecule has 2 aromatic heterocycles. The summed E-state index contributed by atoms with van der Waals surface area (Å²) in [6.45, 7) is 0.621. The van der Waals surface area contributed by atoms with Crippen molar-refractivity contribution in [3.05, 3.63) is 106 Å². The molecule has 1 saturated heterocycles. The Morgan fingerprint density at radius 2 is 1.95 bits per heavy atom. The van der Waals surface area contributed by atoms with Crippen LogP contribution in [0, 0.1) is 11.6 Å². The molecular formula is C30H23ClF2N4O4. The van der Waals surface area contributed by atoms with Crippen LogP contribution in [0.2, 0.25) is 5.02 Å². The summed E-state index contributed by atoms with van der Waals surface area (Å²) in [7, 11) is 0. The highest BCUT2D eigenvalue weighted by atomic mass is 35.5. The number of hydrogen-bond donors (Lipinski definition) is 2. The van der Waals surface area contributed by atoms with Crippen LogP contribution >= 0.6 is 11.6 Å². The first-order valence-corrected chi connectivity index (χ1v) is 13.2. The lowest BCUT2D eigenvalue weighted by atomic mass is 10.0. The Morgan fingerprint density at radius 1 is 1.10 bits per heavy atom. The van der Waals surface area contributed by atoms with Gasteiger partial charge in [0.1, 0.15) is 18.2 Å². The van der Waals surface area contributed by atoms with Crippen molar-refractivity contribution in [2.45, 2.75) is 25.6 Å². The summed E-state index contributed by atoms with van der Waals surface area (Å²) >= 11 is 5.80. The second-order valence-corrected chi connectivity index (χ2v) is 10.0. The molecule has 41 heavy (non-hydrogen) atoms. The quantitative estimate of drug-likeness (QED) is 0.206. The molecule has 8 nitrogen and oxygen atoms in total. The number of halogens is 3. The lowest BCUT2D eigenvalue weighted by Crippen LogP contribution is -2.30. The molecule has 2 N–H and O–H groups in total. The Balaban J connectivity index is 1.24. The normalized spacial score (nSPS) is 14.6. The van der Waals surface area contributed by atoms with Gasteiger partial charge in [0.2, 0.25) is 5.88 Å². The second-order valence-electron chi connectivity index (χ2n) is 9.57. The number of hydrogen-bond acceptors (Lipinski definition) is 6. The fraction of sp³-hybridized carbons (Fsp3) is 0.167. The van der Waals surface area contributed by atoms with E-state index in [1.165, 1.54) is 23.0 Å². The number of nitrogens with one attached hydrogen (secondary N) is 1. The van der Waals surface area contributed by atoms with E-state index in [0.29, 0.717) is 51.5 Å². The molecule has 1 aliphatic heterocycles. The molecule has 0 saturated carbocycles. The number of carboxylic acids is 1. The molecule has 208 valence electrons. The summed E-state index contributed by atoms with van der Waals surface area (Å²) in [5.41, 5.74) is 5.90. The Hall–Kier alpha value is -4.54. The predicted octanol–water partition coefficient (Wildman–Crippen LogP) is 6.51. The zero-order valence-electron chi connectivity index (χ0n) is 21.5. The number of aromatic nitrogens is 3. The topological polar surface area (TPSA) is 98.5 Å². The van der Waals surface area contributed by atoms with Crippen LogP contribution in [0.1, 0.15) is 28.0 Å². The highest BCUT2D eigenvalue weighted by molar-refractivity contribution is 6.30. The molecule has 1 atom stereocenters. The van der Waals surface area contributed by atoms with Crippen molar-refractivity contribution < 1.29 is 28.2 Å². The van der Waals surface area contributed by atoms with Crippen LogP contribution in [-0.4, -0.2) is 38.7 Å². The van der Waals surface area contributed by atoms with E-state index in [0.717, 1.165) is 6.42 Å². The molecule has 1 unspecified atom stereocenters. The summed E-state index contributed by atoms with van der Waals surface area (Å²) in [5.74, 6) is -1.81. The summed E-state index contributed by atoms with van der Waals surface area (Å²) in [4.78, 5) is 17.4. The third-order valence-corrected chi connectivity index (χ3v) is 7.07. The van der Waals surface area contributed by atoms with Gasteiger partial charge in [-0.1, -0.05) is 29.8 Å². The van der Waals surface area contributed by atoms with Crippen LogP contribution in [0.4, 0.5) is 14.5 Å². The third kappa shape index (κ3) is 5.70. The Bertz CT molecular complexity index is 1770. The minimum Gasteiger partial charge on any atom is -0.478 e. The van der Waals surface area contributed by atoms with Crippen molar-refractivity contribution in [1.29, 1.82) is 0 Å². The molecule has 6 rings (SSSR count). The van der Waals surface area contributed by atoms with Gasteiger partial charge in [0.15, 0.2) is 0 Å². The summed E-state index contributed by atoms with van der Waals surface area (Å²) < 4.78 is 40.7. The summed E-state index contributed by atoms with van der Waals surface area (Å²) in [6.07, 6.45) is 1.34. The van der Waals surface area contributed by atoms with Crippen LogP contribution in [-0.2, 0) is 17.8 Å². The minimum absolute atomic E-state index is 0.0205. The SMILES string of the molecule is O=C(O)c1ccc2nn(Nc3ccc(-c4cccc(OCc5ccc(Cl)cc5F)n4)cc3F)c(CC3CCO3)c2c1. The highest BCUT2D eigenvalue weighted by Gasteiger charge is 2.24.